The summed E-state index contributed by atoms with van der Waals surface area (Å²) in [5, 5.41) is 7.91. The molecule has 1 N–H and O–H groups in total. The molecule has 1 heterocycles. The van der Waals surface area contributed by atoms with E-state index in [0.717, 1.165) is 31.5 Å². The Balaban J connectivity index is 2.22. The molecule has 2 rings (SSSR count). The van der Waals surface area contributed by atoms with Crippen molar-refractivity contribution in [1.82, 2.24) is 14.9 Å². The Hall–Kier alpha value is -1.26. The number of nitrogens with one attached hydrogen (secondary N) is 1. The van der Waals surface area contributed by atoms with Gasteiger partial charge in [0.05, 0.1) is 10.6 Å². The van der Waals surface area contributed by atoms with Gasteiger partial charge >= 0.3 is 0 Å². The van der Waals surface area contributed by atoms with Crippen molar-refractivity contribution >= 4 is 11.5 Å². The van der Waals surface area contributed by atoms with Crippen molar-refractivity contribution in [2.24, 2.45) is 0 Å². The molecular weight excluding hydrogens is 278 g/mol. The van der Waals surface area contributed by atoms with Gasteiger partial charge in [-0.05, 0) is 61.5 Å². The van der Waals surface area contributed by atoms with Crippen LogP contribution in [-0.2, 0) is 12.8 Å². The molecule has 1 aromatic carbocycles. The number of benzene rings is 1. The minimum Gasteiger partial charge on any atom is -0.309 e. The molecular formula is C17H25N3S. The fourth-order valence-corrected chi connectivity index (χ4v) is 3.33. The van der Waals surface area contributed by atoms with Crippen LogP contribution in [0.3, 0.4) is 0 Å². The average molecular weight is 303 g/mol. The van der Waals surface area contributed by atoms with E-state index in [1.807, 2.05) is 0 Å². The van der Waals surface area contributed by atoms with Gasteiger partial charge < -0.3 is 5.32 Å². The number of aryl methyl sites for hydroxylation is 3. The monoisotopic (exact) mass is 303 g/mol. The lowest BCUT2D eigenvalue weighted by molar-refractivity contribution is 0.551. The van der Waals surface area contributed by atoms with Crippen LogP contribution in [0, 0.1) is 13.8 Å². The zero-order valence-electron chi connectivity index (χ0n) is 13.4. The molecule has 3 nitrogen and oxygen atoms in total. The highest BCUT2D eigenvalue weighted by molar-refractivity contribution is 7.05. The summed E-state index contributed by atoms with van der Waals surface area (Å²) < 4.78 is 4.17. The Morgan fingerprint density at radius 3 is 2.67 bits per heavy atom. The third-order valence-corrected chi connectivity index (χ3v) is 4.73. The second kappa shape index (κ2) is 7.66. The molecule has 0 radical (unpaired) electrons. The van der Waals surface area contributed by atoms with Crippen LogP contribution in [0.2, 0.25) is 0 Å². The van der Waals surface area contributed by atoms with Crippen molar-refractivity contribution in [3.05, 3.63) is 45.5 Å². The topological polar surface area (TPSA) is 37.8 Å². The highest BCUT2D eigenvalue weighted by Gasteiger charge is 2.18. The SMILES string of the molecule is CCCc1nnsc1C(Cc1ccc(C)c(C)c1)NCC. The predicted molar refractivity (Wildman–Crippen MR) is 89.9 cm³/mol. The summed E-state index contributed by atoms with van der Waals surface area (Å²) in [5.41, 5.74) is 5.25. The number of hydrogen-bond donors (Lipinski definition) is 1. The minimum atomic E-state index is 0.318. The van der Waals surface area contributed by atoms with E-state index in [1.165, 1.54) is 21.6 Å². The molecule has 0 amide bonds. The molecule has 0 aliphatic rings. The zero-order valence-corrected chi connectivity index (χ0v) is 14.3. The first kappa shape index (κ1) is 16.1. The van der Waals surface area contributed by atoms with Gasteiger partial charge in [-0.1, -0.05) is 43.0 Å². The summed E-state index contributed by atoms with van der Waals surface area (Å²) in [6.07, 6.45) is 3.12. The normalized spacial score (nSPS) is 12.6. The Kier molecular flexibility index (Phi) is 5.88. The van der Waals surface area contributed by atoms with E-state index in [4.69, 9.17) is 0 Å². The summed E-state index contributed by atoms with van der Waals surface area (Å²) in [4.78, 5) is 1.30. The molecule has 0 saturated carbocycles. The maximum Gasteiger partial charge on any atom is 0.0803 e. The molecule has 1 atom stereocenters. The standard InChI is InChI=1S/C17H25N3S/c1-5-7-15-17(21-20-19-15)16(18-6-2)11-14-9-8-12(3)13(4)10-14/h8-10,16,18H,5-7,11H2,1-4H3. The van der Waals surface area contributed by atoms with Gasteiger partial charge in [-0.2, -0.15) is 0 Å². The molecule has 114 valence electrons. The average Bonchev–Trinajstić information content (AvgIpc) is 2.91. The minimum absolute atomic E-state index is 0.318. The lowest BCUT2D eigenvalue weighted by Crippen LogP contribution is -2.23. The van der Waals surface area contributed by atoms with Crippen LogP contribution in [0.25, 0.3) is 0 Å². The lowest BCUT2D eigenvalue weighted by Gasteiger charge is -2.18. The van der Waals surface area contributed by atoms with Gasteiger partial charge in [0.1, 0.15) is 0 Å². The maximum atomic E-state index is 4.31. The summed E-state index contributed by atoms with van der Waals surface area (Å²) in [6.45, 7) is 9.64. The van der Waals surface area contributed by atoms with E-state index in [9.17, 15) is 0 Å². The van der Waals surface area contributed by atoms with E-state index in [2.05, 4.69) is 60.8 Å². The van der Waals surface area contributed by atoms with Crippen molar-refractivity contribution < 1.29 is 0 Å². The molecule has 4 heteroatoms. The molecule has 21 heavy (non-hydrogen) atoms. The van der Waals surface area contributed by atoms with Crippen LogP contribution in [0.15, 0.2) is 18.2 Å². The quantitative estimate of drug-likeness (QED) is 0.840. The first-order valence-corrected chi connectivity index (χ1v) is 8.53. The Morgan fingerprint density at radius 1 is 1.19 bits per heavy atom. The molecule has 2 aromatic rings. The van der Waals surface area contributed by atoms with Crippen molar-refractivity contribution in [3.63, 3.8) is 0 Å². The molecule has 1 aromatic heterocycles. The number of nitrogens with zero attached hydrogens (tertiary/aromatic N) is 2. The molecule has 0 spiro atoms. The van der Waals surface area contributed by atoms with Gasteiger partial charge in [-0.3, -0.25) is 0 Å². The summed E-state index contributed by atoms with van der Waals surface area (Å²) in [6, 6.07) is 7.07. The van der Waals surface area contributed by atoms with E-state index >= 15 is 0 Å². The summed E-state index contributed by atoms with van der Waals surface area (Å²) in [7, 11) is 0. The van der Waals surface area contributed by atoms with E-state index in [0.29, 0.717) is 6.04 Å². The van der Waals surface area contributed by atoms with Crippen LogP contribution in [0.4, 0.5) is 0 Å². The molecule has 0 bridgehead atoms. The molecule has 1 unspecified atom stereocenters. The van der Waals surface area contributed by atoms with Crippen molar-refractivity contribution in [2.45, 2.75) is 53.0 Å². The van der Waals surface area contributed by atoms with Crippen molar-refractivity contribution in [1.29, 1.82) is 0 Å². The van der Waals surface area contributed by atoms with E-state index in [1.54, 1.807) is 11.5 Å². The predicted octanol–water partition coefficient (Wildman–Crippen LogP) is 4.00. The van der Waals surface area contributed by atoms with Gasteiger partial charge in [-0.25, -0.2) is 0 Å². The first-order chi connectivity index (χ1) is 10.2. The van der Waals surface area contributed by atoms with E-state index in [-0.39, 0.29) is 0 Å². The molecule has 0 aliphatic heterocycles. The van der Waals surface area contributed by atoms with Crippen molar-refractivity contribution in [3.8, 4) is 0 Å². The second-order valence-electron chi connectivity index (χ2n) is 5.57. The van der Waals surface area contributed by atoms with Gasteiger partial charge in [0.2, 0.25) is 0 Å². The third kappa shape index (κ3) is 4.11. The number of hydrogen-bond acceptors (Lipinski definition) is 4. The summed E-state index contributed by atoms with van der Waals surface area (Å²) in [5.74, 6) is 0. The Morgan fingerprint density at radius 2 is 2.00 bits per heavy atom. The number of rotatable bonds is 7. The van der Waals surface area contributed by atoms with Gasteiger partial charge in [0, 0.05) is 6.04 Å². The number of likely N-dealkylation sites (N-methyl/N-ethyl adjacent to an activating group) is 1. The molecule has 0 saturated heterocycles. The highest BCUT2D eigenvalue weighted by Crippen LogP contribution is 2.25. The van der Waals surface area contributed by atoms with Crippen LogP contribution >= 0.6 is 11.5 Å². The second-order valence-corrected chi connectivity index (χ2v) is 6.35. The van der Waals surface area contributed by atoms with Crippen molar-refractivity contribution in [2.75, 3.05) is 6.54 Å². The molecule has 0 fully saturated rings. The van der Waals surface area contributed by atoms with Crippen LogP contribution in [-0.4, -0.2) is 16.1 Å². The zero-order chi connectivity index (χ0) is 15.2. The largest absolute Gasteiger partial charge is 0.309 e. The van der Waals surface area contributed by atoms with Gasteiger partial charge in [0.25, 0.3) is 0 Å². The van der Waals surface area contributed by atoms with Crippen LogP contribution in [0.5, 0.6) is 0 Å². The Labute approximate surface area is 132 Å². The first-order valence-electron chi connectivity index (χ1n) is 7.76. The fourth-order valence-electron chi connectivity index (χ4n) is 2.56. The van der Waals surface area contributed by atoms with Gasteiger partial charge in [0.15, 0.2) is 0 Å². The van der Waals surface area contributed by atoms with E-state index < -0.39 is 0 Å². The van der Waals surface area contributed by atoms with Crippen LogP contribution in [0.1, 0.15) is 53.6 Å². The van der Waals surface area contributed by atoms with Gasteiger partial charge in [-0.15, -0.1) is 5.10 Å². The summed E-state index contributed by atoms with van der Waals surface area (Å²) >= 11 is 1.54. The fraction of sp³-hybridized carbons (Fsp3) is 0.529. The Bertz CT molecular complexity index is 577. The highest BCUT2D eigenvalue weighted by atomic mass is 32.1. The third-order valence-electron chi connectivity index (χ3n) is 3.85. The smallest absolute Gasteiger partial charge is 0.0803 e. The van der Waals surface area contributed by atoms with Crippen LogP contribution < -0.4 is 5.32 Å². The maximum absolute atomic E-state index is 4.31. The lowest BCUT2D eigenvalue weighted by atomic mass is 9.99. The molecule has 0 aliphatic carbocycles. The number of aromatic nitrogens is 2.